The zero-order valence-electron chi connectivity index (χ0n) is 23.5. The van der Waals surface area contributed by atoms with Crippen LogP contribution in [0.1, 0.15) is 76.8 Å². The molecule has 0 unspecified atom stereocenters. The second kappa shape index (κ2) is 9.51. The number of aromatic hydroxyl groups is 2. The molecule has 2 aliphatic heterocycles. The number of amides is 2. The standard InChI is InChI=1S/C31H43N3O5/c1-18(2)32-28(37)22-16-31(39)24-15-21-9-10-23(35)27(36)26(21)30(31,11-14-34(24)17-20-7-8-20)19(3)25(22)29(38)33-12-5-4-6-13-33/h9-10,18-20,24,35-36,39H,4-8,11-17H2,1-3H3,(H,32,37)/t19-,24+,30+,31+/m0/s1. The molecule has 3 fully saturated rings. The number of likely N-dealkylation sites (tertiary alicyclic amines) is 2. The van der Waals surface area contributed by atoms with E-state index in [1.54, 1.807) is 0 Å². The van der Waals surface area contributed by atoms with Crippen LogP contribution in [-0.2, 0) is 21.4 Å². The Labute approximate surface area is 231 Å². The lowest BCUT2D eigenvalue weighted by Gasteiger charge is -2.66. The predicted molar refractivity (Wildman–Crippen MR) is 147 cm³/mol. The summed E-state index contributed by atoms with van der Waals surface area (Å²) in [5, 5.41) is 38.0. The summed E-state index contributed by atoms with van der Waals surface area (Å²) in [7, 11) is 0. The Bertz CT molecular complexity index is 1220. The van der Waals surface area contributed by atoms with Gasteiger partial charge in [-0.15, -0.1) is 0 Å². The Morgan fingerprint density at radius 2 is 1.82 bits per heavy atom. The molecule has 1 aromatic rings. The van der Waals surface area contributed by atoms with Crippen molar-refractivity contribution in [2.24, 2.45) is 11.8 Å². The van der Waals surface area contributed by atoms with Crippen LogP contribution in [0.5, 0.6) is 11.5 Å². The largest absolute Gasteiger partial charge is 0.504 e. The summed E-state index contributed by atoms with van der Waals surface area (Å²) >= 11 is 0. The number of piperidine rings is 2. The molecule has 5 aliphatic rings. The highest BCUT2D eigenvalue weighted by Gasteiger charge is 2.69. The number of fused-ring (bicyclic) bond motifs is 1. The minimum Gasteiger partial charge on any atom is -0.504 e. The van der Waals surface area contributed by atoms with Gasteiger partial charge in [-0.2, -0.15) is 0 Å². The van der Waals surface area contributed by atoms with Gasteiger partial charge in [0.05, 0.1) is 5.60 Å². The van der Waals surface area contributed by atoms with Gasteiger partial charge in [-0.3, -0.25) is 14.5 Å². The summed E-state index contributed by atoms with van der Waals surface area (Å²) in [6, 6.07) is 3.03. The van der Waals surface area contributed by atoms with Crippen LogP contribution < -0.4 is 5.32 Å². The molecule has 2 saturated heterocycles. The van der Waals surface area contributed by atoms with Crippen LogP contribution in [0.4, 0.5) is 0 Å². The number of nitrogens with one attached hydrogen (secondary N) is 1. The van der Waals surface area contributed by atoms with E-state index >= 15 is 0 Å². The Kier molecular flexibility index (Phi) is 6.50. The van der Waals surface area contributed by atoms with Crippen molar-refractivity contribution in [3.63, 3.8) is 0 Å². The van der Waals surface area contributed by atoms with Crippen molar-refractivity contribution in [3.05, 3.63) is 34.4 Å². The van der Waals surface area contributed by atoms with E-state index in [0.29, 0.717) is 48.6 Å². The van der Waals surface area contributed by atoms with Gasteiger partial charge < -0.3 is 25.5 Å². The van der Waals surface area contributed by atoms with Crippen molar-refractivity contribution in [1.82, 2.24) is 15.1 Å². The highest BCUT2D eigenvalue weighted by atomic mass is 16.3. The van der Waals surface area contributed by atoms with Gasteiger partial charge in [0.15, 0.2) is 11.5 Å². The molecule has 4 atom stereocenters. The molecule has 0 spiro atoms. The van der Waals surface area contributed by atoms with Crippen molar-refractivity contribution < 1.29 is 24.9 Å². The molecule has 8 nitrogen and oxygen atoms in total. The fourth-order valence-corrected chi connectivity index (χ4v) is 8.37. The topological polar surface area (TPSA) is 113 Å². The summed E-state index contributed by atoms with van der Waals surface area (Å²) in [5.41, 5.74) is -0.0702. The molecule has 4 N–H and O–H groups in total. The maximum absolute atomic E-state index is 14.3. The summed E-state index contributed by atoms with van der Waals surface area (Å²) in [5.74, 6) is -0.739. The van der Waals surface area contributed by atoms with Crippen molar-refractivity contribution in [2.75, 3.05) is 26.2 Å². The molecule has 1 saturated carbocycles. The first-order valence-corrected chi connectivity index (χ1v) is 14.9. The summed E-state index contributed by atoms with van der Waals surface area (Å²) < 4.78 is 0. The van der Waals surface area contributed by atoms with Crippen LogP contribution in [0, 0.1) is 11.8 Å². The number of nitrogens with zero attached hydrogens (tertiary/aromatic N) is 2. The SMILES string of the molecule is CC(C)NC(=O)C1=C(C(=O)N2CCCCC2)[C@H](C)[C@]23CCN(CC4CC4)[C@H](Cc4ccc(O)c(O)c42)[C@]3(O)C1. The first kappa shape index (κ1) is 26.6. The van der Waals surface area contributed by atoms with Crippen LogP contribution in [0.3, 0.4) is 0 Å². The monoisotopic (exact) mass is 537 g/mol. The van der Waals surface area contributed by atoms with Gasteiger partial charge in [0.1, 0.15) is 0 Å². The first-order chi connectivity index (χ1) is 18.6. The van der Waals surface area contributed by atoms with Crippen molar-refractivity contribution >= 4 is 11.8 Å². The molecule has 2 bridgehead atoms. The van der Waals surface area contributed by atoms with Crippen molar-refractivity contribution in [3.8, 4) is 11.5 Å². The fourth-order valence-electron chi connectivity index (χ4n) is 8.37. The lowest BCUT2D eigenvalue weighted by Crippen LogP contribution is -2.75. The molecule has 1 aromatic carbocycles. The van der Waals surface area contributed by atoms with E-state index in [-0.39, 0.29) is 41.8 Å². The predicted octanol–water partition coefficient (Wildman–Crippen LogP) is 2.98. The third-order valence-electron chi connectivity index (χ3n) is 10.4. The van der Waals surface area contributed by atoms with Crippen molar-refractivity contribution in [1.29, 1.82) is 0 Å². The number of carbonyl (C=O) groups is 2. The number of hydrogen-bond acceptors (Lipinski definition) is 6. The number of benzene rings is 1. The number of carbonyl (C=O) groups excluding carboxylic acids is 2. The fraction of sp³-hybridized carbons (Fsp3) is 0.677. The molecule has 0 radical (unpaired) electrons. The molecule has 3 aliphatic carbocycles. The highest BCUT2D eigenvalue weighted by molar-refractivity contribution is 6.06. The van der Waals surface area contributed by atoms with Crippen LogP contribution in [-0.4, -0.2) is 80.8 Å². The molecule has 2 amide bonds. The summed E-state index contributed by atoms with van der Waals surface area (Å²) in [6.07, 6.45) is 6.46. The minimum absolute atomic E-state index is 0.0468. The van der Waals surface area contributed by atoms with Gasteiger partial charge >= 0.3 is 0 Å². The zero-order chi connectivity index (χ0) is 27.7. The average Bonchev–Trinajstić information content (AvgIpc) is 3.71. The normalized spacial score (nSPS) is 32.6. The Morgan fingerprint density at radius 1 is 1.10 bits per heavy atom. The number of phenols is 2. The van der Waals surface area contributed by atoms with Crippen LogP contribution in [0.25, 0.3) is 0 Å². The Balaban J connectivity index is 1.56. The molecule has 8 heteroatoms. The maximum atomic E-state index is 14.3. The lowest BCUT2D eigenvalue weighted by atomic mass is 9.45. The third kappa shape index (κ3) is 4.00. The van der Waals surface area contributed by atoms with E-state index in [4.69, 9.17) is 0 Å². The van der Waals surface area contributed by atoms with Crippen LogP contribution in [0.2, 0.25) is 0 Å². The number of hydrogen-bond donors (Lipinski definition) is 4. The molecule has 0 aromatic heterocycles. The Morgan fingerprint density at radius 3 is 2.49 bits per heavy atom. The van der Waals surface area contributed by atoms with Gasteiger partial charge in [0, 0.05) is 60.3 Å². The number of rotatable bonds is 5. The van der Waals surface area contributed by atoms with Gasteiger partial charge in [-0.05, 0) is 88.8 Å². The van der Waals surface area contributed by atoms with Gasteiger partial charge in [0.2, 0.25) is 5.91 Å². The average molecular weight is 538 g/mol. The molecule has 2 heterocycles. The molecule has 39 heavy (non-hydrogen) atoms. The second-order valence-corrected chi connectivity index (χ2v) is 13.0. The summed E-state index contributed by atoms with van der Waals surface area (Å²) in [4.78, 5) is 32.3. The molecule has 6 rings (SSSR count). The van der Waals surface area contributed by atoms with Crippen LogP contribution >= 0.6 is 0 Å². The smallest absolute Gasteiger partial charge is 0.250 e. The van der Waals surface area contributed by atoms with E-state index in [0.717, 1.165) is 37.9 Å². The van der Waals surface area contributed by atoms with E-state index in [9.17, 15) is 24.9 Å². The highest BCUT2D eigenvalue weighted by Crippen LogP contribution is 2.64. The number of aliphatic hydroxyl groups is 1. The molecular weight excluding hydrogens is 494 g/mol. The van der Waals surface area contributed by atoms with E-state index < -0.39 is 16.9 Å². The van der Waals surface area contributed by atoms with Crippen LogP contribution in [0.15, 0.2) is 23.3 Å². The van der Waals surface area contributed by atoms with Gasteiger partial charge in [-0.25, -0.2) is 0 Å². The maximum Gasteiger partial charge on any atom is 0.250 e. The quantitative estimate of drug-likeness (QED) is 0.430. The lowest BCUT2D eigenvalue weighted by molar-refractivity contribution is -0.169. The zero-order valence-corrected chi connectivity index (χ0v) is 23.5. The van der Waals surface area contributed by atoms with Gasteiger partial charge in [-0.1, -0.05) is 13.0 Å². The number of phenolic OH excluding ortho intramolecular Hbond substituents is 2. The minimum atomic E-state index is -1.38. The summed E-state index contributed by atoms with van der Waals surface area (Å²) in [6.45, 7) is 8.72. The first-order valence-electron chi connectivity index (χ1n) is 14.9. The Hall–Kier alpha value is -2.58. The third-order valence-corrected chi connectivity index (χ3v) is 10.4. The van der Waals surface area contributed by atoms with E-state index in [1.807, 2.05) is 31.7 Å². The van der Waals surface area contributed by atoms with E-state index in [2.05, 4.69) is 10.2 Å². The molecular formula is C31H43N3O5. The van der Waals surface area contributed by atoms with Gasteiger partial charge in [0.25, 0.3) is 5.91 Å². The van der Waals surface area contributed by atoms with E-state index in [1.165, 1.54) is 18.9 Å². The van der Waals surface area contributed by atoms with Crippen molar-refractivity contribution in [2.45, 2.75) is 95.2 Å². The second-order valence-electron chi connectivity index (χ2n) is 13.0. The molecule has 212 valence electrons.